The Morgan fingerprint density at radius 3 is 2.67 bits per heavy atom. The number of aromatic nitrogens is 2. The molecule has 1 aliphatic rings. The summed E-state index contributed by atoms with van der Waals surface area (Å²) >= 11 is 1.15. The predicted molar refractivity (Wildman–Crippen MR) is 117 cm³/mol. The summed E-state index contributed by atoms with van der Waals surface area (Å²) in [4.78, 5) is 26.6. The van der Waals surface area contributed by atoms with E-state index in [9.17, 15) is 9.59 Å². The van der Waals surface area contributed by atoms with Crippen molar-refractivity contribution in [3.63, 3.8) is 0 Å². The summed E-state index contributed by atoms with van der Waals surface area (Å²) in [5, 5.41) is 14.4. The zero-order chi connectivity index (χ0) is 21.3. The number of ether oxygens (including phenoxy) is 1. The number of nitrogens with one attached hydrogen (secondary N) is 2. The lowest BCUT2D eigenvalue weighted by Gasteiger charge is -2.23. The topological polar surface area (TPSA) is 96.5 Å². The second-order valence-electron chi connectivity index (χ2n) is 7.54. The summed E-state index contributed by atoms with van der Waals surface area (Å²) in [5.41, 5.74) is 1.82. The molecule has 0 saturated carbocycles. The molecule has 0 radical (unpaired) electrons. The Bertz CT molecular complexity index is 833. The summed E-state index contributed by atoms with van der Waals surface area (Å²) in [6.45, 7) is 7.25. The van der Waals surface area contributed by atoms with Crippen LogP contribution in [0.2, 0.25) is 0 Å². The minimum atomic E-state index is -0.313. The van der Waals surface area contributed by atoms with Gasteiger partial charge in [-0.05, 0) is 58.3 Å². The number of rotatable bonds is 10. The number of anilines is 1. The van der Waals surface area contributed by atoms with Gasteiger partial charge in [0, 0.05) is 18.3 Å². The maximum absolute atomic E-state index is 12.3. The molecule has 9 heteroatoms. The van der Waals surface area contributed by atoms with Gasteiger partial charge in [0.25, 0.3) is 5.91 Å². The first-order valence-electron chi connectivity index (χ1n) is 10.3. The van der Waals surface area contributed by atoms with Crippen molar-refractivity contribution in [1.29, 1.82) is 0 Å². The number of carbonyl (C=O) groups is 2. The average molecular weight is 432 g/mol. The molecule has 0 bridgehead atoms. The van der Waals surface area contributed by atoms with Crippen LogP contribution in [0.3, 0.4) is 0 Å². The molecule has 30 heavy (non-hydrogen) atoms. The summed E-state index contributed by atoms with van der Waals surface area (Å²) in [6.07, 6.45) is 3.47. The molecule has 3 rings (SSSR count). The molecule has 1 saturated heterocycles. The zero-order valence-corrected chi connectivity index (χ0v) is 18.3. The molecule has 0 aliphatic carbocycles. The van der Waals surface area contributed by atoms with Gasteiger partial charge in [-0.3, -0.25) is 9.59 Å². The summed E-state index contributed by atoms with van der Waals surface area (Å²) in [5.74, 6) is -0.460. The van der Waals surface area contributed by atoms with Gasteiger partial charge in [0.2, 0.25) is 10.9 Å². The number of nitrogens with zero attached hydrogens (tertiary/aromatic N) is 3. The highest BCUT2D eigenvalue weighted by atomic mass is 32.1. The number of hydrogen-bond donors (Lipinski definition) is 2. The fourth-order valence-corrected chi connectivity index (χ4v) is 3.97. The standard InChI is InChI=1S/C21H29N5O3S/c1-15-5-7-17(8-6-15)23-20(28)21-25-24-19(30-21)14-29-13-18(27)22-10-9-16(2)26-11-3-4-12-26/h5-8,16H,3-4,9-14H2,1-2H3,(H,22,27)(H,23,28)/t16-/m0/s1. The fraction of sp³-hybridized carbons (Fsp3) is 0.524. The van der Waals surface area contributed by atoms with E-state index in [0.29, 0.717) is 23.3 Å². The van der Waals surface area contributed by atoms with Crippen molar-refractivity contribution >= 4 is 28.8 Å². The Morgan fingerprint density at radius 2 is 1.93 bits per heavy atom. The summed E-state index contributed by atoms with van der Waals surface area (Å²) in [6, 6.07) is 8.01. The maximum Gasteiger partial charge on any atom is 0.286 e. The smallest absolute Gasteiger partial charge is 0.286 e. The Labute approximate surface area is 181 Å². The van der Waals surface area contributed by atoms with Gasteiger partial charge in [-0.1, -0.05) is 29.0 Å². The number of carbonyl (C=O) groups excluding carboxylic acids is 2. The second kappa shape index (κ2) is 11.1. The van der Waals surface area contributed by atoms with Gasteiger partial charge in [-0.25, -0.2) is 0 Å². The zero-order valence-electron chi connectivity index (χ0n) is 17.5. The van der Waals surface area contributed by atoms with E-state index in [1.54, 1.807) is 0 Å². The van der Waals surface area contributed by atoms with Gasteiger partial charge in [0.15, 0.2) is 0 Å². The highest BCUT2D eigenvalue weighted by Gasteiger charge is 2.18. The summed E-state index contributed by atoms with van der Waals surface area (Å²) in [7, 11) is 0. The van der Waals surface area contributed by atoms with Crippen molar-refractivity contribution in [3.05, 3.63) is 39.8 Å². The number of amides is 2. The quantitative estimate of drug-likeness (QED) is 0.600. The van der Waals surface area contributed by atoms with Crippen molar-refractivity contribution < 1.29 is 14.3 Å². The first-order chi connectivity index (χ1) is 14.5. The summed E-state index contributed by atoms with van der Waals surface area (Å²) < 4.78 is 5.42. The maximum atomic E-state index is 12.3. The second-order valence-corrected chi connectivity index (χ2v) is 8.61. The van der Waals surface area contributed by atoms with Crippen LogP contribution >= 0.6 is 11.3 Å². The highest BCUT2D eigenvalue weighted by molar-refractivity contribution is 7.13. The Morgan fingerprint density at radius 1 is 1.20 bits per heavy atom. The molecule has 0 unspecified atom stereocenters. The fourth-order valence-electron chi connectivity index (χ4n) is 3.29. The lowest BCUT2D eigenvalue weighted by atomic mass is 10.2. The molecule has 8 nitrogen and oxygen atoms in total. The number of benzene rings is 1. The van der Waals surface area contributed by atoms with E-state index in [2.05, 4.69) is 32.7 Å². The lowest BCUT2D eigenvalue weighted by molar-refractivity contribution is -0.126. The normalized spacial score (nSPS) is 15.1. The molecule has 1 aromatic heterocycles. The molecule has 0 spiro atoms. The Hall–Kier alpha value is -2.36. The minimum Gasteiger partial charge on any atom is -0.364 e. The molecule has 2 N–H and O–H groups in total. The highest BCUT2D eigenvalue weighted by Crippen LogP contribution is 2.15. The monoisotopic (exact) mass is 431 g/mol. The molecule has 2 aromatic rings. The molecule has 1 fully saturated rings. The van der Waals surface area contributed by atoms with E-state index in [0.717, 1.165) is 36.4 Å². The van der Waals surface area contributed by atoms with Crippen LogP contribution in [0.1, 0.15) is 46.6 Å². The van der Waals surface area contributed by atoms with E-state index in [-0.39, 0.29) is 30.0 Å². The van der Waals surface area contributed by atoms with E-state index in [4.69, 9.17) is 4.74 Å². The van der Waals surface area contributed by atoms with Crippen LogP contribution in [-0.2, 0) is 16.1 Å². The molecule has 162 valence electrons. The van der Waals surface area contributed by atoms with Gasteiger partial charge in [-0.15, -0.1) is 10.2 Å². The van der Waals surface area contributed by atoms with Crippen LogP contribution in [0.25, 0.3) is 0 Å². The van der Waals surface area contributed by atoms with Gasteiger partial charge >= 0.3 is 0 Å². The van der Waals surface area contributed by atoms with Gasteiger partial charge in [-0.2, -0.15) is 0 Å². The largest absolute Gasteiger partial charge is 0.364 e. The van der Waals surface area contributed by atoms with Crippen LogP contribution in [0.5, 0.6) is 0 Å². The number of likely N-dealkylation sites (tertiary alicyclic amines) is 1. The van der Waals surface area contributed by atoms with E-state index < -0.39 is 0 Å². The SMILES string of the molecule is Cc1ccc(NC(=O)c2nnc(COCC(=O)NCC[C@H](C)N3CCCC3)s2)cc1. The van der Waals surface area contributed by atoms with Crippen LogP contribution < -0.4 is 10.6 Å². The number of aryl methyl sites for hydroxylation is 1. The van der Waals surface area contributed by atoms with E-state index in [1.807, 2.05) is 31.2 Å². The van der Waals surface area contributed by atoms with Crippen molar-refractivity contribution in [2.24, 2.45) is 0 Å². The van der Waals surface area contributed by atoms with Crippen LogP contribution in [0.15, 0.2) is 24.3 Å². The van der Waals surface area contributed by atoms with Crippen molar-refractivity contribution in [2.75, 3.05) is 31.6 Å². The van der Waals surface area contributed by atoms with E-state index in [1.165, 1.54) is 12.8 Å². The average Bonchev–Trinajstić information content (AvgIpc) is 3.42. The van der Waals surface area contributed by atoms with Gasteiger partial charge in [0.1, 0.15) is 18.2 Å². The van der Waals surface area contributed by atoms with Crippen LogP contribution in [0.4, 0.5) is 5.69 Å². The molecular weight excluding hydrogens is 402 g/mol. The lowest BCUT2D eigenvalue weighted by Crippen LogP contribution is -2.35. The molecule has 1 atom stereocenters. The Balaban J connectivity index is 1.33. The first-order valence-corrected chi connectivity index (χ1v) is 11.1. The van der Waals surface area contributed by atoms with Gasteiger partial charge in [0.05, 0.1) is 0 Å². The van der Waals surface area contributed by atoms with Crippen LogP contribution in [-0.4, -0.2) is 59.2 Å². The Kier molecular flexibility index (Phi) is 8.30. The molecule has 1 aliphatic heterocycles. The van der Waals surface area contributed by atoms with Crippen molar-refractivity contribution in [3.8, 4) is 0 Å². The van der Waals surface area contributed by atoms with Crippen LogP contribution in [0, 0.1) is 6.92 Å². The third-order valence-corrected chi connectivity index (χ3v) is 5.97. The molecule has 2 amide bonds. The van der Waals surface area contributed by atoms with Crippen molar-refractivity contribution in [2.45, 2.75) is 45.8 Å². The third-order valence-electron chi connectivity index (χ3n) is 5.08. The molecular formula is C21H29N5O3S. The predicted octanol–water partition coefficient (Wildman–Crippen LogP) is 2.61. The third kappa shape index (κ3) is 6.86. The number of hydrogen-bond acceptors (Lipinski definition) is 7. The minimum absolute atomic E-state index is 0.0391. The van der Waals surface area contributed by atoms with E-state index >= 15 is 0 Å². The van der Waals surface area contributed by atoms with Gasteiger partial charge < -0.3 is 20.3 Å². The first kappa shape index (κ1) is 22.3. The molecule has 1 aromatic carbocycles. The van der Waals surface area contributed by atoms with Crippen molar-refractivity contribution in [1.82, 2.24) is 20.4 Å². The molecule has 2 heterocycles.